The molecule has 0 radical (unpaired) electrons. The van der Waals surface area contributed by atoms with Gasteiger partial charge in [0.05, 0.1) is 0 Å². The fourth-order valence-electron chi connectivity index (χ4n) is 2.94. The Labute approximate surface area is 125 Å². The lowest BCUT2D eigenvalue weighted by Crippen LogP contribution is -2.39. The first kappa shape index (κ1) is 15.6. The first-order chi connectivity index (χ1) is 9.99. The van der Waals surface area contributed by atoms with E-state index in [1.165, 1.54) is 0 Å². The molecule has 0 aliphatic carbocycles. The van der Waals surface area contributed by atoms with E-state index in [0.29, 0.717) is 5.92 Å². The predicted molar refractivity (Wildman–Crippen MR) is 80.3 cm³/mol. The van der Waals surface area contributed by atoms with Gasteiger partial charge in [0, 0.05) is 31.7 Å². The summed E-state index contributed by atoms with van der Waals surface area (Å²) >= 11 is 0. The van der Waals surface area contributed by atoms with Crippen LogP contribution in [-0.2, 0) is 4.79 Å². The molecule has 1 aromatic rings. The Morgan fingerprint density at radius 1 is 1.33 bits per heavy atom. The summed E-state index contributed by atoms with van der Waals surface area (Å²) in [5.74, 6) is -0.212. The van der Waals surface area contributed by atoms with Crippen molar-refractivity contribution < 1.29 is 14.7 Å². The highest BCUT2D eigenvalue weighted by Crippen LogP contribution is 2.23. The molecule has 0 bridgehead atoms. The molecule has 116 valence electrons. The summed E-state index contributed by atoms with van der Waals surface area (Å²) in [6.07, 6.45) is 4.70. The summed E-state index contributed by atoms with van der Waals surface area (Å²) in [7, 11) is 0. The number of piperidine rings is 1. The molecular weight excluding hydrogens is 268 g/mol. The Hall–Kier alpha value is -1.78. The number of carbonyl (C=O) groups excluding carboxylic acids is 1. The Kier molecular flexibility index (Phi) is 5.04. The molecule has 0 aromatic carbocycles. The van der Waals surface area contributed by atoms with Crippen LogP contribution in [0.5, 0.6) is 0 Å². The van der Waals surface area contributed by atoms with Crippen molar-refractivity contribution in [3.8, 4) is 0 Å². The van der Waals surface area contributed by atoms with Crippen LogP contribution in [-0.4, -0.2) is 39.5 Å². The normalized spacial score (nSPS) is 16.4. The topological polar surface area (TPSA) is 62.5 Å². The van der Waals surface area contributed by atoms with Gasteiger partial charge in [0.2, 0.25) is 0 Å². The lowest BCUT2D eigenvalue weighted by Gasteiger charge is -2.32. The molecule has 21 heavy (non-hydrogen) atoms. The number of carboxylic acid groups (broad SMARTS) is 1. The quantitative estimate of drug-likeness (QED) is 0.907. The van der Waals surface area contributed by atoms with Gasteiger partial charge in [-0.2, -0.15) is 0 Å². The van der Waals surface area contributed by atoms with Gasteiger partial charge in [0.15, 0.2) is 0 Å². The molecule has 5 nitrogen and oxygen atoms in total. The van der Waals surface area contributed by atoms with Crippen LogP contribution in [0.4, 0.5) is 0 Å². The molecule has 1 saturated heterocycles. The van der Waals surface area contributed by atoms with Crippen LogP contribution in [0.15, 0.2) is 18.3 Å². The number of carbonyl (C=O) groups is 2. The van der Waals surface area contributed by atoms with E-state index in [1.54, 1.807) is 0 Å². The van der Waals surface area contributed by atoms with E-state index in [4.69, 9.17) is 5.11 Å². The molecule has 1 aliphatic rings. The number of carboxylic acids is 1. The van der Waals surface area contributed by atoms with Gasteiger partial charge in [-0.3, -0.25) is 9.59 Å². The van der Waals surface area contributed by atoms with Gasteiger partial charge in [-0.15, -0.1) is 0 Å². The first-order valence-electron chi connectivity index (χ1n) is 7.67. The van der Waals surface area contributed by atoms with Gasteiger partial charge >= 0.3 is 5.97 Å². The second-order valence-corrected chi connectivity index (χ2v) is 6.06. The standard InChI is InChI=1S/C16H24N2O3/c1-12(2)18-9-3-4-14(18)16(21)17-10-7-13(8-11-17)5-6-15(19)20/h3-4,9,12-13H,5-8,10-11H2,1-2H3,(H,19,20). The molecule has 2 heterocycles. The van der Waals surface area contributed by atoms with E-state index in [-0.39, 0.29) is 18.4 Å². The van der Waals surface area contributed by atoms with Crippen molar-refractivity contribution in [2.45, 2.75) is 45.6 Å². The van der Waals surface area contributed by atoms with Crippen LogP contribution in [0.1, 0.15) is 56.1 Å². The zero-order valence-corrected chi connectivity index (χ0v) is 12.8. The molecule has 5 heteroatoms. The maximum Gasteiger partial charge on any atom is 0.303 e. The number of aromatic nitrogens is 1. The first-order valence-corrected chi connectivity index (χ1v) is 7.67. The largest absolute Gasteiger partial charge is 0.481 e. The number of nitrogens with zero attached hydrogens (tertiary/aromatic N) is 2. The molecule has 0 saturated carbocycles. The van der Waals surface area contributed by atoms with Crippen LogP contribution in [0.3, 0.4) is 0 Å². The molecule has 1 N–H and O–H groups in total. The van der Waals surface area contributed by atoms with Crippen molar-refractivity contribution in [3.05, 3.63) is 24.0 Å². The van der Waals surface area contributed by atoms with Gasteiger partial charge < -0.3 is 14.6 Å². The van der Waals surface area contributed by atoms with Crippen molar-refractivity contribution in [2.24, 2.45) is 5.92 Å². The van der Waals surface area contributed by atoms with Gasteiger partial charge in [0.25, 0.3) is 5.91 Å². The fraction of sp³-hybridized carbons (Fsp3) is 0.625. The Morgan fingerprint density at radius 3 is 2.57 bits per heavy atom. The summed E-state index contributed by atoms with van der Waals surface area (Å²) in [6, 6.07) is 4.05. The number of rotatable bonds is 5. The van der Waals surface area contributed by atoms with Crippen LogP contribution in [0, 0.1) is 5.92 Å². The van der Waals surface area contributed by atoms with Crippen LogP contribution in [0.2, 0.25) is 0 Å². The molecule has 1 amide bonds. The van der Waals surface area contributed by atoms with Crippen LogP contribution >= 0.6 is 0 Å². The monoisotopic (exact) mass is 292 g/mol. The molecule has 1 aromatic heterocycles. The van der Waals surface area contributed by atoms with Gasteiger partial charge in [-0.25, -0.2) is 0 Å². The third-order valence-corrected chi connectivity index (χ3v) is 4.22. The summed E-state index contributed by atoms with van der Waals surface area (Å²) in [5.41, 5.74) is 0.744. The number of hydrogen-bond donors (Lipinski definition) is 1. The predicted octanol–water partition coefficient (Wildman–Crippen LogP) is 2.79. The number of hydrogen-bond acceptors (Lipinski definition) is 2. The smallest absolute Gasteiger partial charge is 0.303 e. The lowest BCUT2D eigenvalue weighted by molar-refractivity contribution is -0.137. The highest BCUT2D eigenvalue weighted by molar-refractivity contribution is 5.92. The van der Waals surface area contributed by atoms with E-state index in [1.807, 2.05) is 27.8 Å². The minimum Gasteiger partial charge on any atom is -0.481 e. The van der Waals surface area contributed by atoms with Gasteiger partial charge in [-0.05, 0) is 51.2 Å². The third kappa shape index (κ3) is 3.86. The van der Waals surface area contributed by atoms with Crippen molar-refractivity contribution in [3.63, 3.8) is 0 Å². The van der Waals surface area contributed by atoms with E-state index in [9.17, 15) is 9.59 Å². The van der Waals surface area contributed by atoms with E-state index in [2.05, 4.69) is 13.8 Å². The zero-order chi connectivity index (χ0) is 15.4. The van der Waals surface area contributed by atoms with E-state index < -0.39 is 5.97 Å². The minimum absolute atomic E-state index is 0.0883. The minimum atomic E-state index is -0.733. The zero-order valence-electron chi connectivity index (χ0n) is 12.8. The van der Waals surface area contributed by atoms with Crippen LogP contribution in [0.25, 0.3) is 0 Å². The van der Waals surface area contributed by atoms with E-state index >= 15 is 0 Å². The molecule has 0 unspecified atom stereocenters. The highest BCUT2D eigenvalue weighted by Gasteiger charge is 2.25. The number of aliphatic carboxylic acids is 1. The lowest BCUT2D eigenvalue weighted by atomic mass is 9.92. The SMILES string of the molecule is CC(C)n1cccc1C(=O)N1CCC(CCC(=O)O)CC1. The Morgan fingerprint density at radius 2 is 2.00 bits per heavy atom. The van der Waals surface area contributed by atoms with Gasteiger partial charge in [0.1, 0.15) is 5.69 Å². The van der Waals surface area contributed by atoms with Crippen molar-refractivity contribution in [1.29, 1.82) is 0 Å². The maximum atomic E-state index is 12.6. The Bertz CT molecular complexity index is 499. The third-order valence-electron chi connectivity index (χ3n) is 4.22. The fourth-order valence-corrected chi connectivity index (χ4v) is 2.94. The molecule has 2 rings (SSSR count). The second kappa shape index (κ2) is 6.78. The Balaban J connectivity index is 1.91. The van der Waals surface area contributed by atoms with Gasteiger partial charge in [-0.1, -0.05) is 0 Å². The number of amides is 1. The molecule has 0 spiro atoms. The van der Waals surface area contributed by atoms with Crippen LogP contribution < -0.4 is 0 Å². The molecule has 1 fully saturated rings. The highest BCUT2D eigenvalue weighted by atomic mass is 16.4. The summed E-state index contributed by atoms with van der Waals surface area (Å²) < 4.78 is 2.00. The summed E-state index contributed by atoms with van der Waals surface area (Å²) in [6.45, 7) is 5.59. The summed E-state index contributed by atoms with van der Waals surface area (Å²) in [5, 5.41) is 8.72. The number of likely N-dealkylation sites (tertiary alicyclic amines) is 1. The maximum absolute atomic E-state index is 12.6. The van der Waals surface area contributed by atoms with Crippen molar-refractivity contribution >= 4 is 11.9 Å². The average Bonchev–Trinajstić information content (AvgIpc) is 2.94. The molecule has 1 aliphatic heterocycles. The van der Waals surface area contributed by atoms with Crippen molar-refractivity contribution in [2.75, 3.05) is 13.1 Å². The summed E-state index contributed by atoms with van der Waals surface area (Å²) in [4.78, 5) is 25.1. The average molecular weight is 292 g/mol. The van der Waals surface area contributed by atoms with Crippen molar-refractivity contribution in [1.82, 2.24) is 9.47 Å². The second-order valence-electron chi connectivity index (χ2n) is 6.06. The van der Waals surface area contributed by atoms with E-state index in [0.717, 1.165) is 38.0 Å². The molecular formula is C16H24N2O3. The molecule has 0 atom stereocenters.